The Balaban J connectivity index is 2.36. The molecule has 1 saturated heterocycles. The third-order valence-electron chi connectivity index (χ3n) is 3.91. The van der Waals surface area contributed by atoms with Crippen molar-refractivity contribution in [3.8, 4) is 5.75 Å². The Hall–Kier alpha value is -1.55. The van der Waals surface area contributed by atoms with Gasteiger partial charge in [-0.15, -0.1) is 0 Å². The summed E-state index contributed by atoms with van der Waals surface area (Å²) in [5.41, 5.74) is 2.20. The molecule has 4 nitrogen and oxygen atoms in total. The predicted octanol–water partition coefficient (Wildman–Crippen LogP) is 2.73. The topological polar surface area (TPSA) is 58.6 Å². The van der Waals surface area contributed by atoms with E-state index >= 15 is 0 Å². The second kappa shape index (κ2) is 5.44. The van der Waals surface area contributed by atoms with E-state index < -0.39 is 5.97 Å². The van der Waals surface area contributed by atoms with Crippen molar-refractivity contribution in [1.29, 1.82) is 0 Å². The minimum atomic E-state index is -0.731. The smallest absolute Gasteiger partial charge is 0.307 e. The van der Waals surface area contributed by atoms with Crippen molar-refractivity contribution in [2.75, 3.05) is 13.7 Å². The highest BCUT2D eigenvalue weighted by Crippen LogP contribution is 2.39. The number of carbonyl (C=O) groups is 1. The number of hydrogen-bond acceptors (Lipinski definition) is 3. The lowest BCUT2D eigenvalue weighted by atomic mass is 9.84. The summed E-state index contributed by atoms with van der Waals surface area (Å²) < 4.78 is 5.62. The van der Waals surface area contributed by atoms with Crippen LogP contribution in [0.4, 0.5) is 0 Å². The van der Waals surface area contributed by atoms with Gasteiger partial charge in [-0.2, -0.15) is 0 Å². The Labute approximate surface area is 120 Å². The zero-order chi connectivity index (χ0) is 14.9. The summed E-state index contributed by atoms with van der Waals surface area (Å²) in [4.78, 5) is 11.1. The average Bonchev–Trinajstić information content (AvgIpc) is 2.86. The van der Waals surface area contributed by atoms with Gasteiger partial charge in [0.15, 0.2) is 0 Å². The van der Waals surface area contributed by atoms with E-state index in [1.807, 2.05) is 12.1 Å². The molecule has 2 rings (SSSR count). The van der Waals surface area contributed by atoms with E-state index in [2.05, 4.69) is 32.2 Å². The highest BCUT2D eigenvalue weighted by Gasteiger charge is 2.33. The average molecular weight is 277 g/mol. The van der Waals surface area contributed by atoms with Crippen molar-refractivity contribution in [1.82, 2.24) is 5.32 Å². The van der Waals surface area contributed by atoms with Gasteiger partial charge >= 0.3 is 5.97 Å². The first kappa shape index (κ1) is 14.9. The summed E-state index contributed by atoms with van der Waals surface area (Å²) in [7, 11) is 1.68. The molecular formula is C16H23NO3. The van der Waals surface area contributed by atoms with Crippen LogP contribution in [0.25, 0.3) is 0 Å². The fraction of sp³-hybridized carbons (Fsp3) is 0.562. The molecule has 0 spiro atoms. The van der Waals surface area contributed by atoms with Crippen molar-refractivity contribution in [3.05, 3.63) is 29.3 Å². The van der Waals surface area contributed by atoms with E-state index in [9.17, 15) is 4.79 Å². The Morgan fingerprint density at radius 3 is 2.60 bits per heavy atom. The quantitative estimate of drug-likeness (QED) is 0.892. The minimum Gasteiger partial charge on any atom is -0.496 e. The number of ether oxygens (including phenoxy) is 1. The Bertz CT molecular complexity index is 505. The second-order valence-corrected chi connectivity index (χ2v) is 6.41. The number of para-hydroxylation sites is 1. The molecule has 2 atom stereocenters. The fourth-order valence-electron chi connectivity index (χ4n) is 2.81. The normalized spacial score (nSPS) is 22.8. The summed E-state index contributed by atoms with van der Waals surface area (Å²) in [6.07, 6.45) is 0.610. The van der Waals surface area contributed by atoms with Gasteiger partial charge in [0.2, 0.25) is 0 Å². The molecule has 4 heteroatoms. The van der Waals surface area contributed by atoms with Crippen LogP contribution in [0.5, 0.6) is 5.75 Å². The molecule has 1 fully saturated rings. The van der Waals surface area contributed by atoms with Crippen LogP contribution in [0.3, 0.4) is 0 Å². The van der Waals surface area contributed by atoms with E-state index in [0.717, 1.165) is 16.9 Å². The zero-order valence-electron chi connectivity index (χ0n) is 12.6. The largest absolute Gasteiger partial charge is 0.496 e. The summed E-state index contributed by atoms with van der Waals surface area (Å²) in [5.74, 6) is -0.169. The zero-order valence-corrected chi connectivity index (χ0v) is 12.6. The lowest BCUT2D eigenvalue weighted by molar-refractivity contribution is -0.141. The first-order chi connectivity index (χ1) is 9.34. The molecule has 1 aliphatic heterocycles. The van der Waals surface area contributed by atoms with E-state index in [1.165, 1.54) is 0 Å². The molecule has 0 saturated carbocycles. The first-order valence-corrected chi connectivity index (χ1v) is 6.98. The number of rotatable bonds is 3. The standard InChI is InChI=1S/C16H23NO3/c1-16(2,3)12-7-5-6-11(14(12)20-4)13-8-10(9-17-13)15(18)19/h5-7,10,13,17H,8-9H2,1-4H3,(H,18,19). The Morgan fingerprint density at radius 2 is 2.10 bits per heavy atom. The molecular weight excluding hydrogens is 254 g/mol. The molecule has 0 aliphatic carbocycles. The first-order valence-electron chi connectivity index (χ1n) is 6.98. The molecule has 0 bridgehead atoms. The van der Waals surface area contributed by atoms with E-state index in [1.54, 1.807) is 7.11 Å². The molecule has 1 aliphatic rings. The van der Waals surface area contributed by atoms with Crippen LogP contribution in [0.2, 0.25) is 0 Å². The van der Waals surface area contributed by atoms with E-state index in [0.29, 0.717) is 13.0 Å². The highest BCUT2D eigenvalue weighted by atomic mass is 16.5. The maximum absolute atomic E-state index is 11.1. The molecule has 0 aromatic heterocycles. The summed E-state index contributed by atoms with van der Waals surface area (Å²) in [5, 5.41) is 12.4. The molecule has 0 radical (unpaired) electrons. The number of methoxy groups -OCH3 is 1. The predicted molar refractivity (Wildman–Crippen MR) is 78.2 cm³/mol. The summed E-state index contributed by atoms with van der Waals surface area (Å²) in [6, 6.07) is 6.17. The van der Waals surface area contributed by atoms with Crippen molar-refractivity contribution in [2.24, 2.45) is 5.92 Å². The lowest BCUT2D eigenvalue weighted by Gasteiger charge is -2.25. The minimum absolute atomic E-state index is 0.00778. The van der Waals surface area contributed by atoms with Crippen LogP contribution in [0, 0.1) is 5.92 Å². The Kier molecular flexibility index (Phi) is 4.04. The van der Waals surface area contributed by atoms with Crippen LogP contribution >= 0.6 is 0 Å². The molecule has 1 aromatic rings. The fourth-order valence-corrected chi connectivity index (χ4v) is 2.81. The third-order valence-corrected chi connectivity index (χ3v) is 3.91. The van der Waals surface area contributed by atoms with Crippen LogP contribution in [-0.4, -0.2) is 24.7 Å². The van der Waals surface area contributed by atoms with Crippen LogP contribution in [-0.2, 0) is 10.2 Å². The van der Waals surface area contributed by atoms with Gasteiger partial charge in [-0.05, 0) is 17.4 Å². The number of benzene rings is 1. The summed E-state index contributed by atoms with van der Waals surface area (Å²) >= 11 is 0. The number of nitrogens with one attached hydrogen (secondary N) is 1. The van der Waals surface area contributed by atoms with Gasteiger partial charge in [0.1, 0.15) is 5.75 Å². The lowest BCUT2D eigenvalue weighted by Crippen LogP contribution is -2.19. The highest BCUT2D eigenvalue weighted by molar-refractivity contribution is 5.71. The van der Waals surface area contributed by atoms with Gasteiger partial charge in [0.05, 0.1) is 13.0 Å². The third kappa shape index (κ3) is 2.80. The van der Waals surface area contributed by atoms with Crippen molar-refractivity contribution >= 4 is 5.97 Å². The molecule has 2 unspecified atom stereocenters. The van der Waals surface area contributed by atoms with Gasteiger partial charge in [-0.1, -0.05) is 39.0 Å². The maximum atomic E-state index is 11.1. The molecule has 1 aromatic carbocycles. The molecule has 1 heterocycles. The number of carboxylic acid groups (broad SMARTS) is 1. The van der Waals surface area contributed by atoms with Crippen LogP contribution < -0.4 is 10.1 Å². The number of aliphatic carboxylic acids is 1. The second-order valence-electron chi connectivity index (χ2n) is 6.41. The monoisotopic (exact) mass is 277 g/mol. The van der Waals surface area contributed by atoms with Gasteiger partial charge < -0.3 is 15.2 Å². The maximum Gasteiger partial charge on any atom is 0.307 e. The molecule has 20 heavy (non-hydrogen) atoms. The van der Waals surface area contributed by atoms with Crippen LogP contribution in [0.1, 0.15) is 44.4 Å². The van der Waals surface area contributed by atoms with Gasteiger partial charge in [0.25, 0.3) is 0 Å². The van der Waals surface area contributed by atoms with Crippen molar-refractivity contribution in [3.63, 3.8) is 0 Å². The molecule has 2 N–H and O–H groups in total. The van der Waals surface area contributed by atoms with Gasteiger partial charge in [-0.3, -0.25) is 4.79 Å². The Morgan fingerprint density at radius 1 is 1.40 bits per heavy atom. The van der Waals surface area contributed by atoms with Crippen molar-refractivity contribution in [2.45, 2.75) is 38.6 Å². The number of carboxylic acids is 1. The van der Waals surface area contributed by atoms with Gasteiger partial charge in [-0.25, -0.2) is 0 Å². The van der Waals surface area contributed by atoms with Crippen molar-refractivity contribution < 1.29 is 14.6 Å². The van der Waals surface area contributed by atoms with Crippen LogP contribution in [0.15, 0.2) is 18.2 Å². The van der Waals surface area contributed by atoms with Gasteiger partial charge in [0, 0.05) is 18.2 Å². The van der Waals surface area contributed by atoms with E-state index in [-0.39, 0.29) is 17.4 Å². The SMILES string of the molecule is COc1c(C2CC(C(=O)O)CN2)cccc1C(C)(C)C. The molecule has 110 valence electrons. The van der Waals surface area contributed by atoms with E-state index in [4.69, 9.17) is 9.84 Å². The summed E-state index contributed by atoms with van der Waals surface area (Å²) in [6.45, 7) is 6.97. The molecule has 0 amide bonds. The number of hydrogen-bond donors (Lipinski definition) is 2.